The summed E-state index contributed by atoms with van der Waals surface area (Å²) in [6.07, 6.45) is 1.72. The number of ether oxygens (including phenoxy) is 1. The molecule has 3 N–H and O–H groups in total. The molecule has 6 heteroatoms. The Labute approximate surface area is 120 Å². The van der Waals surface area contributed by atoms with Gasteiger partial charge in [-0.25, -0.2) is 4.79 Å². The van der Waals surface area contributed by atoms with Crippen LogP contribution < -0.4 is 11.1 Å². The molecule has 1 spiro atoms. The van der Waals surface area contributed by atoms with Crippen molar-refractivity contribution in [3.05, 3.63) is 0 Å². The fourth-order valence-electron chi connectivity index (χ4n) is 2.96. The van der Waals surface area contributed by atoms with Gasteiger partial charge in [-0.2, -0.15) is 0 Å². The number of amides is 2. The third-order valence-electron chi connectivity index (χ3n) is 4.23. The molecule has 2 fully saturated rings. The van der Waals surface area contributed by atoms with Crippen LogP contribution in [-0.4, -0.2) is 48.2 Å². The summed E-state index contributed by atoms with van der Waals surface area (Å²) in [6.45, 7) is 7.32. The zero-order chi connectivity index (χ0) is 15.0. The monoisotopic (exact) mass is 283 g/mol. The zero-order valence-electron chi connectivity index (χ0n) is 12.6. The predicted octanol–water partition coefficient (Wildman–Crippen LogP) is 0.851. The van der Waals surface area contributed by atoms with Gasteiger partial charge in [0.15, 0.2) is 0 Å². The van der Waals surface area contributed by atoms with Crippen LogP contribution in [0.1, 0.15) is 40.0 Å². The van der Waals surface area contributed by atoms with Gasteiger partial charge in [-0.05, 0) is 39.0 Å². The first-order valence-electron chi connectivity index (χ1n) is 7.22. The molecule has 0 saturated carbocycles. The van der Waals surface area contributed by atoms with E-state index in [0.29, 0.717) is 26.1 Å². The largest absolute Gasteiger partial charge is 0.444 e. The first-order chi connectivity index (χ1) is 9.22. The molecule has 0 aromatic carbocycles. The molecular weight excluding hydrogens is 258 g/mol. The summed E-state index contributed by atoms with van der Waals surface area (Å²) in [4.78, 5) is 25.4. The van der Waals surface area contributed by atoms with Gasteiger partial charge in [0.05, 0.1) is 0 Å². The van der Waals surface area contributed by atoms with E-state index in [4.69, 9.17) is 10.5 Å². The number of piperidine rings is 2. The van der Waals surface area contributed by atoms with Crippen LogP contribution in [0.4, 0.5) is 4.79 Å². The van der Waals surface area contributed by atoms with E-state index in [0.717, 1.165) is 12.8 Å². The lowest BCUT2D eigenvalue weighted by Gasteiger charge is -2.47. The van der Waals surface area contributed by atoms with Crippen LogP contribution in [0.25, 0.3) is 0 Å². The van der Waals surface area contributed by atoms with Gasteiger partial charge >= 0.3 is 6.09 Å². The minimum Gasteiger partial charge on any atom is -0.444 e. The van der Waals surface area contributed by atoms with E-state index in [1.165, 1.54) is 0 Å². The Morgan fingerprint density at radius 2 is 2.00 bits per heavy atom. The summed E-state index contributed by atoms with van der Waals surface area (Å²) in [7, 11) is 0. The number of carbonyl (C=O) groups is 2. The first kappa shape index (κ1) is 15.1. The Kier molecular flexibility index (Phi) is 3.95. The van der Waals surface area contributed by atoms with Crippen molar-refractivity contribution in [2.75, 3.05) is 19.6 Å². The third kappa shape index (κ3) is 3.23. The van der Waals surface area contributed by atoms with Crippen molar-refractivity contribution in [1.82, 2.24) is 10.2 Å². The smallest absolute Gasteiger partial charge is 0.410 e. The van der Waals surface area contributed by atoms with Gasteiger partial charge in [0.25, 0.3) is 0 Å². The number of rotatable bonds is 0. The molecule has 1 unspecified atom stereocenters. The summed E-state index contributed by atoms with van der Waals surface area (Å²) in [5.41, 5.74) is 5.55. The van der Waals surface area contributed by atoms with Crippen LogP contribution in [-0.2, 0) is 9.53 Å². The number of likely N-dealkylation sites (tertiary alicyclic amines) is 1. The molecule has 2 amide bonds. The molecule has 6 nitrogen and oxygen atoms in total. The van der Waals surface area contributed by atoms with E-state index in [9.17, 15) is 9.59 Å². The maximum Gasteiger partial charge on any atom is 0.410 e. The van der Waals surface area contributed by atoms with Crippen LogP contribution >= 0.6 is 0 Å². The number of nitrogens with one attached hydrogen (secondary N) is 1. The van der Waals surface area contributed by atoms with E-state index >= 15 is 0 Å². The van der Waals surface area contributed by atoms with E-state index in [1.54, 1.807) is 4.90 Å². The van der Waals surface area contributed by atoms with Gasteiger partial charge in [-0.1, -0.05) is 0 Å². The quantitative estimate of drug-likeness (QED) is 0.690. The van der Waals surface area contributed by atoms with Gasteiger partial charge in [-0.15, -0.1) is 0 Å². The number of carbonyl (C=O) groups excluding carboxylic acids is 2. The minimum absolute atomic E-state index is 0.0269. The molecule has 2 rings (SSSR count). The molecule has 0 aliphatic carbocycles. The number of nitrogens with zero attached hydrogens (tertiary/aromatic N) is 1. The van der Waals surface area contributed by atoms with Crippen molar-refractivity contribution >= 4 is 12.0 Å². The van der Waals surface area contributed by atoms with Gasteiger partial charge < -0.3 is 20.7 Å². The van der Waals surface area contributed by atoms with Crippen molar-refractivity contribution in [1.29, 1.82) is 0 Å². The van der Waals surface area contributed by atoms with Crippen molar-refractivity contribution in [2.24, 2.45) is 11.1 Å². The van der Waals surface area contributed by atoms with E-state index in [1.807, 2.05) is 20.8 Å². The Morgan fingerprint density at radius 3 is 2.55 bits per heavy atom. The topological polar surface area (TPSA) is 84.7 Å². The average molecular weight is 283 g/mol. The average Bonchev–Trinajstić information content (AvgIpc) is 2.33. The lowest BCUT2D eigenvalue weighted by Crippen LogP contribution is -2.60. The summed E-state index contributed by atoms with van der Waals surface area (Å²) in [5, 5.41) is 2.80. The molecule has 0 aromatic rings. The zero-order valence-corrected chi connectivity index (χ0v) is 12.6. The molecule has 20 heavy (non-hydrogen) atoms. The molecule has 2 aliphatic rings. The van der Waals surface area contributed by atoms with E-state index in [2.05, 4.69) is 5.32 Å². The van der Waals surface area contributed by atoms with Gasteiger partial charge in [0.2, 0.25) is 5.91 Å². The molecule has 2 heterocycles. The van der Waals surface area contributed by atoms with Crippen LogP contribution in [0, 0.1) is 5.41 Å². The molecule has 114 valence electrons. The Bertz CT molecular complexity index is 395. The lowest BCUT2D eigenvalue weighted by atomic mass is 9.68. The highest BCUT2D eigenvalue weighted by molar-refractivity contribution is 5.78. The Morgan fingerprint density at radius 1 is 1.40 bits per heavy atom. The summed E-state index contributed by atoms with van der Waals surface area (Å²) in [5.74, 6) is 0.0671. The lowest BCUT2D eigenvalue weighted by molar-refractivity contribution is -0.127. The Balaban J connectivity index is 1.94. The molecule has 2 aliphatic heterocycles. The number of hydrogen-bond acceptors (Lipinski definition) is 4. The van der Waals surface area contributed by atoms with Crippen molar-refractivity contribution in [2.45, 2.75) is 51.7 Å². The fourth-order valence-corrected chi connectivity index (χ4v) is 2.96. The van der Waals surface area contributed by atoms with Crippen molar-refractivity contribution in [3.8, 4) is 0 Å². The first-order valence-corrected chi connectivity index (χ1v) is 7.22. The minimum atomic E-state index is -0.479. The molecule has 0 aromatic heterocycles. The molecular formula is C14H25N3O3. The SMILES string of the molecule is CC(C)(C)OC(=O)N1CCC2(CC1)CC(=O)NCC2N. The molecule has 1 atom stereocenters. The Hall–Kier alpha value is -1.30. The van der Waals surface area contributed by atoms with Crippen LogP contribution in [0.3, 0.4) is 0 Å². The standard InChI is InChI=1S/C14H25N3O3/c1-13(2,3)20-12(19)17-6-4-14(5-7-17)8-11(18)16-9-10(14)15/h10H,4-9,15H2,1-3H3,(H,16,18). The predicted molar refractivity (Wildman–Crippen MR) is 75.1 cm³/mol. The maximum absolute atomic E-state index is 12.0. The van der Waals surface area contributed by atoms with Gasteiger partial charge in [0, 0.05) is 32.1 Å². The second kappa shape index (κ2) is 5.24. The highest BCUT2D eigenvalue weighted by atomic mass is 16.6. The van der Waals surface area contributed by atoms with Crippen LogP contribution in [0.15, 0.2) is 0 Å². The van der Waals surface area contributed by atoms with Gasteiger partial charge in [-0.3, -0.25) is 4.79 Å². The maximum atomic E-state index is 12.0. The highest BCUT2D eigenvalue weighted by Gasteiger charge is 2.45. The number of hydrogen-bond donors (Lipinski definition) is 2. The second-order valence-electron chi connectivity index (χ2n) is 6.92. The van der Waals surface area contributed by atoms with E-state index in [-0.39, 0.29) is 23.5 Å². The summed E-state index contributed by atoms with van der Waals surface area (Å²) < 4.78 is 5.38. The third-order valence-corrected chi connectivity index (χ3v) is 4.23. The van der Waals surface area contributed by atoms with E-state index < -0.39 is 5.60 Å². The second-order valence-corrected chi connectivity index (χ2v) is 6.92. The van der Waals surface area contributed by atoms with Crippen LogP contribution in [0.2, 0.25) is 0 Å². The van der Waals surface area contributed by atoms with Crippen molar-refractivity contribution < 1.29 is 14.3 Å². The molecule has 0 bridgehead atoms. The summed E-state index contributed by atoms with van der Waals surface area (Å²) >= 11 is 0. The van der Waals surface area contributed by atoms with Gasteiger partial charge in [0.1, 0.15) is 5.60 Å². The molecule has 2 saturated heterocycles. The molecule has 0 radical (unpaired) electrons. The highest BCUT2D eigenvalue weighted by Crippen LogP contribution is 2.39. The normalized spacial score (nSPS) is 26.3. The van der Waals surface area contributed by atoms with Crippen LogP contribution in [0.5, 0.6) is 0 Å². The number of nitrogens with two attached hydrogens (primary N) is 1. The summed E-state index contributed by atoms with van der Waals surface area (Å²) in [6, 6.07) is -0.0269. The fraction of sp³-hybridized carbons (Fsp3) is 0.857. The van der Waals surface area contributed by atoms with Crippen molar-refractivity contribution in [3.63, 3.8) is 0 Å².